The highest BCUT2D eigenvalue weighted by atomic mass is 79.9. The average molecular weight is 380 g/mol. The topological polar surface area (TPSA) is 8.81 Å². The molecule has 0 N–H and O–H groups in total. The quantitative estimate of drug-likeness (QED) is 0.574. The maximum Gasteiger partial charge on any atom is 0.254 e. The lowest BCUT2D eigenvalue weighted by Gasteiger charge is -1.96. The lowest BCUT2D eigenvalue weighted by molar-refractivity contribution is -0.594. The summed E-state index contributed by atoms with van der Waals surface area (Å²) in [4.78, 5) is 0. The summed E-state index contributed by atoms with van der Waals surface area (Å²) < 4.78 is 5.28. The van der Waals surface area contributed by atoms with E-state index in [1.165, 1.54) is 0 Å². The Morgan fingerprint density at radius 3 is 2.47 bits per heavy atom. The molecule has 0 aliphatic heterocycles. The number of rotatable bonds is 2. The van der Waals surface area contributed by atoms with Gasteiger partial charge in [0.2, 0.25) is 0 Å². The second-order valence-electron chi connectivity index (χ2n) is 4.04. The van der Waals surface area contributed by atoms with Gasteiger partial charge in [-0.05, 0) is 30.3 Å². The Labute approximate surface area is 131 Å². The van der Waals surface area contributed by atoms with Crippen molar-refractivity contribution >= 4 is 15.9 Å². The van der Waals surface area contributed by atoms with Crippen LogP contribution in [0.3, 0.4) is 0 Å². The summed E-state index contributed by atoms with van der Waals surface area (Å²) in [6, 6.07) is 18.5. The van der Waals surface area contributed by atoms with Crippen LogP contribution in [0.25, 0.3) is 11.4 Å². The molecule has 0 aliphatic carbocycles. The molecule has 0 spiro atoms. The third-order valence-corrected chi connectivity index (χ3v) is 3.29. The molecule has 1 aromatic heterocycles. The van der Waals surface area contributed by atoms with Crippen LogP contribution in [0.1, 0.15) is 0 Å². The average Bonchev–Trinajstić information content (AvgIpc) is 2.89. The largest absolute Gasteiger partial charge is 1.00 e. The van der Waals surface area contributed by atoms with Crippen LogP contribution in [0.2, 0.25) is 0 Å². The van der Waals surface area contributed by atoms with Crippen LogP contribution in [0.5, 0.6) is 0 Å². The molecular formula is C15H12Br2N2. The van der Waals surface area contributed by atoms with Crippen LogP contribution in [0.15, 0.2) is 77.8 Å². The molecule has 2 aromatic carbocycles. The second kappa shape index (κ2) is 6.17. The van der Waals surface area contributed by atoms with Gasteiger partial charge in [0.15, 0.2) is 0 Å². The van der Waals surface area contributed by atoms with Crippen molar-refractivity contribution in [1.29, 1.82) is 0 Å². The molecule has 0 saturated heterocycles. The lowest BCUT2D eigenvalue weighted by Crippen LogP contribution is -3.00. The second-order valence-corrected chi connectivity index (χ2v) is 4.96. The van der Waals surface area contributed by atoms with Crippen molar-refractivity contribution in [3.63, 3.8) is 0 Å². The predicted molar refractivity (Wildman–Crippen MR) is 75.0 cm³/mol. The molecule has 96 valence electrons. The highest BCUT2D eigenvalue weighted by Crippen LogP contribution is 2.14. The van der Waals surface area contributed by atoms with E-state index in [2.05, 4.69) is 68.1 Å². The first-order valence-corrected chi connectivity index (χ1v) is 6.53. The third-order valence-electron chi connectivity index (χ3n) is 2.80. The molecule has 0 fully saturated rings. The molecule has 1 heterocycles. The van der Waals surface area contributed by atoms with Crippen LogP contribution >= 0.6 is 15.9 Å². The molecule has 3 rings (SSSR count). The fourth-order valence-electron chi connectivity index (χ4n) is 1.90. The van der Waals surface area contributed by atoms with E-state index >= 15 is 0 Å². The summed E-state index contributed by atoms with van der Waals surface area (Å²) in [6.07, 6.45) is 6.17. The molecule has 4 heteroatoms. The van der Waals surface area contributed by atoms with Crippen molar-refractivity contribution in [2.75, 3.05) is 0 Å². The standard InChI is InChI=1S/C15H12BrN2.BrH/c16-13-5-4-8-15(11-13)18-10-9-17(12-18)14-6-2-1-3-7-14;/h1-12H;1H/q+1;/p-1. The molecule has 0 atom stereocenters. The molecule has 0 radical (unpaired) electrons. The number of hydrogen-bond donors (Lipinski definition) is 0. The molecule has 19 heavy (non-hydrogen) atoms. The van der Waals surface area contributed by atoms with Crippen LogP contribution in [-0.2, 0) is 0 Å². The third kappa shape index (κ3) is 3.14. The maximum atomic E-state index is 3.49. The number of nitrogens with zero attached hydrogens (tertiary/aromatic N) is 2. The SMILES string of the molecule is Brc1cccc(-n2cc[n+](-c3ccccc3)c2)c1.[Br-]. The van der Waals surface area contributed by atoms with Gasteiger partial charge in [-0.3, -0.25) is 0 Å². The van der Waals surface area contributed by atoms with Crippen LogP contribution in [0.4, 0.5) is 0 Å². The number of aromatic nitrogens is 2. The molecule has 3 aromatic rings. The van der Waals surface area contributed by atoms with E-state index in [1.54, 1.807) is 0 Å². The first kappa shape index (κ1) is 14.0. The Hall–Kier alpha value is -1.39. The normalized spacial score (nSPS) is 9.95. The van der Waals surface area contributed by atoms with Gasteiger partial charge in [-0.15, -0.1) is 0 Å². The van der Waals surface area contributed by atoms with E-state index < -0.39 is 0 Å². The Morgan fingerprint density at radius 1 is 0.947 bits per heavy atom. The number of halogens is 2. The number of benzene rings is 2. The summed E-state index contributed by atoms with van der Waals surface area (Å²) in [6.45, 7) is 0. The van der Waals surface area contributed by atoms with Crippen LogP contribution < -0.4 is 21.5 Å². The molecule has 0 amide bonds. The minimum Gasteiger partial charge on any atom is -1.00 e. The van der Waals surface area contributed by atoms with Gasteiger partial charge >= 0.3 is 0 Å². The monoisotopic (exact) mass is 378 g/mol. The van der Waals surface area contributed by atoms with Gasteiger partial charge in [-0.2, -0.15) is 0 Å². The molecular weight excluding hydrogens is 368 g/mol. The fourth-order valence-corrected chi connectivity index (χ4v) is 2.28. The maximum absolute atomic E-state index is 3.49. The van der Waals surface area contributed by atoms with E-state index in [0.717, 1.165) is 15.8 Å². The van der Waals surface area contributed by atoms with Crippen molar-refractivity contribution in [2.45, 2.75) is 0 Å². The van der Waals surface area contributed by atoms with E-state index in [9.17, 15) is 0 Å². The summed E-state index contributed by atoms with van der Waals surface area (Å²) in [5.41, 5.74) is 2.30. The predicted octanol–water partition coefficient (Wildman–Crippen LogP) is 0.520. The zero-order chi connectivity index (χ0) is 12.4. The smallest absolute Gasteiger partial charge is 0.254 e. The molecule has 2 nitrogen and oxygen atoms in total. The molecule has 0 aliphatic rings. The summed E-state index contributed by atoms with van der Waals surface area (Å²) >= 11 is 3.49. The van der Waals surface area contributed by atoms with Gasteiger partial charge in [0.05, 0.1) is 0 Å². The van der Waals surface area contributed by atoms with Gasteiger partial charge < -0.3 is 17.0 Å². The number of imidazole rings is 1. The minimum atomic E-state index is 0. The van der Waals surface area contributed by atoms with E-state index in [1.807, 2.05) is 30.3 Å². The van der Waals surface area contributed by atoms with Crippen LogP contribution in [0, 0.1) is 0 Å². The van der Waals surface area contributed by atoms with Gasteiger partial charge in [-0.25, -0.2) is 9.13 Å². The van der Waals surface area contributed by atoms with Crippen molar-refractivity contribution in [3.05, 3.63) is 77.8 Å². The summed E-state index contributed by atoms with van der Waals surface area (Å²) in [5, 5.41) is 0. The van der Waals surface area contributed by atoms with Crippen molar-refractivity contribution in [3.8, 4) is 11.4 Å². The Morgan fingerprint density at radius 2 is 1.74 bits per heavy atom. The Bertz CT molecular complexity index is 663. The highest BCUT2D eigenvalue weighted by Gasteiger charge is 2.07. The van der Waals surface area contributed by atoms with E-state index in [-0.39, 0.29) is 17.0 Å². The first-order valence-electron chi connectivity index (χ1n) is 5.73. The summed E-state index contributed by atoms with van der Waals surface area (Å²) in [7, 11) is 0. The van der Waals surface area contributed by atoms with Crippen molar-refractivity contribution in [1.82, 2.24) is 4.57 Å². The van der Waals surface area contributed by atoms with Gasteiger partial charge in [-0.1, -0.05) is 40.2 Å². The van der Waals surface area contributed by atoms with Crippen molar-refractivity contribution < 1.29 is 21.5 Å². The van der Waals surface area contributed by atoms with Gasteiger partial charge in [0, 0.05) is 4.47 Å². The number of para-hydroxylation sites is 1. The first-order chi connectivity index (χ1) is 8.83. The van der Waals surface area contributed by atoms with E-state index in [0.29, 0.717) is 0 Å². The summed E-state index contributed by atoms with van der Waals surface area (Å²) in [5.74, 6) is 0. The zero-order valence-electron chi connectivity index (χ0n) is 10.1. The molecule has 0 bridgehead atoms. The molecule has 0 unspecified atom stereocenters. The van der Waals surface area contributed by atoms with E-state index in [4.69, 9.17) is 0 Å². The van der Waals surface area contributed by atoms with Gasteiger partial charge in [0.25, 0.3) is 6.33 Å². The zero-order valence-corrected chi connectivity index (χ0v) is 13.3. The van der Waals surface area contributed by atoms with Crippen molar-refractivity contribution in [2.24, 2.45) is 0 Å². The minimum absolute atomic E-state index is 0. The van der Waals surface area contributed by atoms with Gasteiger partial charge in [0.1, 0.15) is 23.8 Å². The highest BCUT2D eigenvalue weighted by molar-refractivity contribution is 9.10. The fraction of sp³-hybridized carbons (Fsp3) is 0. The number of hydrogen-bond acceptors (Lipinski definition) is 0. The molecule has 0 saturated carbocycles. The Kier molecular flexibility index (Phi) is 4.56. The Balaban J connectivity index is 0.00000133. The lowest BCUT2D eigenvalue weighted by atomic mass is 10.3. The van der Waals surface area contributed by atoms with Crippen LogP contribution in [-0.4, -0.2) is 4.57 Å².